The molecule has 2 nitrogen and oxygen atoms in total. The standard InChI is InChI=1S/C14H17FN2/c1-10-6-7-12(15)8-14(10)17-13-5-3-2-4-11(13)9-16/h6-8,11,13,17H,2-5H2,1H3. The van der Waals surface area contributed by atoms with Crippen LogP contribution in [-0.2, 0) is 0 Å². The first-order chi connectivity index (χ1) is 8.20. The van der Waals surface area contributed by atoms with Gasteiger partial charge in [-0.1, -0.05) is 18.9 Å². The van der Waals surface area contributed by atoms with Crippen molar-refractivity contribution < 1.29 is 4.39 Å². The first-order valence-corrected chi connectivity index (χ1v) is 6.13. The van der Waals surface area contributed by atoms with Gasteiger partial charge in [0.25, 0.3) is 0 Å². The van der Waals surface area contributed by atoms with Crippen molar-refractivity contribution in [3.63, 3.8) is 0 Å². The lowest BCUT2D eigenvalue weighted by Gasteiger charge is -2.29. The van der Waals surface area contributed by atoms with Gasteiger partial charge in [-0.15, -0.1) is 0 Å². The highest BCUT2D eigenvalue weighted by Gasteiger charge is 2.25. The molecule has 1 aromatic carbocycles. The summed E-state index contributed by atoms with van der Waals surface area (Å²) in [5.41, 5.74) is 1.84. The summed E-state index contributed by atoms with van der Waals surface area (Å²) in [6, 6.07) is 7.25. The number of hydrogen-bond acceptors (Lipinski definition) is 2. The van der Waals surface area contributed by atoms with Gasteiger partial charge >= 0.3 is 0 Å². The van der Waals surface area contributed by atoms with Gasteiger partial charge in [0.15, 0.2) is 0 Å². The second-order valence-electron chi connectivity index (χ2n) is 4.73. The maximum absolute atomic E-state index is 13.2. The summed E-state index contributed by atoms with van der Waals surface area (Å²) in [5, 5.41) is 12.4. The average molecular weight is 232 g/mol. The molecular formula is C14H17FN2. The van der Waals surface area contributed by atoms with Crippen molar-refractivity contribution in [1.29, 1.82) is 5.26 Å². The monoisotopic (exact) mass is 232 g/mol. The Morgan fingerprint density at radius 3 is 2.88 bits per heavy atom. The highest BCUT2D eigenvalue weighted by atomic mass is 19.1. The topological polar surface area (TPSA) is 35.8 Å². The van der Waals surface area contributed by atoms with Gasteiger partial charge in [0.2, 0.25) is 0 Å². The number of halogens is 1. The van der Waals surface area contributed by atoms with Crippen LogP contribution in [0, 0.1) is 30.0 Å². The molecule has 0 bridgehead atoms. The maximum Gasteiger partial charge on any atom is 0.125 e. The number of rotatable bonds is 2. The normalized spacial score (nSPS) is 24.1. The molecule has 1 aliphatic carbocycles. The van der Waals surface area contributed by atoms with Gasteiger partial charge in [-0.05, 0) is 37.5 Å². The third-order valence-electron chi connectivity index (χ3n) is 3.47. The van der Waals surface area contributed by atoms with Gasteiger partial charge in [-0.25, -0.2) is 4.39 Å². The van der Waals surface area contributed by atoms with Gasteiger partial charge in [0.1, 0.15) is 5.82 Å². The van der Waals surface area contributed by atoms with Crippen LogP contribution in [-0.4, -0.2) is 6.04 Å². The molecule has 0 aromatic heterocycles. The minimum atomic E-state index is -0.234. The molecule has 2 unspecified atom stereocenters. The van der Waals surface area contributed by atoms with Crippen LogP contribution in [0.1, 0.15) is 31.2 Å². The SMILES string of the molecule is Cc1ccc(F)cc1NC1CCCCC1C#N. The number of nitriles is 1. The van der Waals surface area contributed by atoms with Gasteiger partial charge < -0.3 is 5.32 Å². The zero-order valence-corrected chi connectivity index (χ0v) is 10.0. The number of aryl methyl sites for hydroxylation is 1. The molecule has 1 saturated carbocycles. The van der Waals surface area contributed by atoms with Gasteiger partial charge in [-0.3, -0.25) is 0 Å². The van der Waals surface area contributed by atoms with Crippen molar-refractivity contribution in [2.45, 2.75) is 38.6 Å². The molecule has 90 valence electrons. The van der Waals surface area contributed by atoms with E-state index in [1.54, 1.807) is 6.07 Å². The Morgan fingerprint density at radius 2 is 2.12 bits per heavy atom. The van der Waals surface area contributed by atoms with Gasteiger partial charge in [-0.2, -0.15) is 5.26 Å². The van der Waals surface area contributed by atoms with Gasteiger partial charge in [0, 0.05) is 11.7 Å². The molecule has 1 aliphatic rings. The summed E-state index contributed by atoms with van der Waals surface area (Å²) in [6.07, 6.45) is 4.21. The third kappa shape index (κ3) is 2.76. The summed E-state index contributed by atoms with van der Waals surface area (Å²) in [6.45, 7) is 1.95. The molecule has 0 radical (unpaired) electrons. The van der Waals surface area contributed by atoms with Crippen LogP contribution in [0.2, 0.25) is 0 Å². The van der Waals surface area contributed by atoms with Crippen molar-refractivity contribution in [1.82, 2.24) is 0 Å². The van der Waals surface area contributed by atoms with Crippen LogP contribution in [0.4, 0.5) is 10.1 Å². The first-order valence-electron chi connectivity index (χ1n) is 6.13. The molecule has 0 saturated heterocycles. The quantitative estimate of drug-likeness (QED) is 0.845. The van der Waals surface area contributed by atoms with E-state index in [4.69, 9.17) is 5.26 Å². The number of benzene rings is 1. The fraction of sp³-hybridized carbons (Fsp3) is 0.500. The fourth-order valence-corrected chi connectivity index (χ4v) is 2.41. The molecule has 1 N–H and O–H groups in total. The summed E-state index contributed by atoms with van der Waals surface area (Å²) < 4.78 is 13.2. The van der Waals surface area contributed by atoms with Crippen molar-refractivity contribution in [3.05, 3.63) is 29.6 Å². The Balaban J connectivity index is 2.14. The van der Waals surface area contributed by atoms with Crippen LogP contribution in [0.5, 0.6) is 0 Å². The molecule has 0 spiro atoms. The van der Waals surface area contributed by atoms with Crippen molar-refractivity contribution in [2.75, 3.05) is 5.32 Å². The molecule has 3 heteroatoms. The van der Waals surface area contributed by atoms with Crippen LogP contribution in [0.25, 0.3) is 0 Å². The highest BCUT2D eigenvalue weighted by molar-refractivity contribution is 5.51. The Hall–Kier alpha value is -1.56. The minimum absolute atomic E-state index is 0.0476. The number of anilines is 1. The van der Waals surface area contributed by atoms with Crippen molar-refractivity contribution >= 4 is 5.69 Å². The molecule has 0 aliphatic heterocycles. The van der Waals surface area contributed by atoms with Crippen molar-refractivity contribution in [3.8, 4) is 6.07 Å². The predicted octanol–water partition coefficient (Wildman–Crippen LogP) is 3.63. The second kappa shape index (κ2) is 5.18. The molecule has 0 heterocycles. The molecule has 17 heavy (non-hydrogen) atoms. The van der Waals surface area contributed by atoms with E-state index >= 15 is 0 Å². The lowest BCUT2D eigenvalue weighted by Crippen LogP contribution is -2.31. The number of nitrogens with one attached hydrogen (secondary N) is 1. The average Bonchev–Trinajstić information content (AvgIpc) is 2.34. The van der Waals surface area contributed by atoms with E-state index in [0.29, 0.717) is 0 Å². The summed E-state index contributed by atoms with van der Waals surface area (Å²) in [5.74, 6) is -0.186. The van der Waals surface area contributed by atoms with E-state index in [1.165, 1.54) is 12.1 Å². The van der Waals surface area contributed by atoms with E-state index < -0.39 is 0 Å². The zero-order valence-electron chi connectivity index (χ0n) is 10.0. The van der Waals surface area contributed by atoms with Crippen LogP contribution < -0.4 is 5.32 Å². The predicted molar refractivity (Wildman–Crippen MR) is 66.1 cm³/mol. The molecule has 2 rings (SSSR count). The Bertz CT molecular complexity index is 436. The zero-order chi connectivity index (χ0) is 12.3. The number of nitrogens with zero attached hydrogens (tertiary/aromatic N) is 1. The maximum atomic E-state index is 13.2. The second-order valence-corrected chi connectivity index (χ2v) is 4.73. The van der Waals surface area contributed by atoms with Crippen LogP contribution in [0.15, 0.2) is 18.2 Å². The van der Waals surface area contributed by atoms with Crippen molar-refractivity contribution in [2.24, 2.45) is 5.92 Å². The van der Waals surface area contributed by atoms with E-state index in [2.05, 4.69) is 11.4 Å². The third-order valence-corrected chi connectivity index (χ3v) is 3.47. The first kappa shape index (κ1) is 11.9. The molecular weight excluding hydrogens is 215 g/mol. The molecule has 1 aromatic rings. The van der Waals surface area contributed by atoms with E-state index in [-0.39, 0.29) is 17.8 Å². The smallest absolute Gasteiger partial charge is 0.125 e. The van der Waals surface area contributed by atoms with Crippen LogP contribution in [0.3, 0.4) is 0 Å². The lowest BCUT2D eigenvalue weighted by molar-refractivity contribution is 0.388. The molecule has 1 fully saturated rings. The van der Waals surface area contributed by atoms with E-state index in [0.717, 1.165) is 36.9 Å². The van der Waals surface area contributed by atoms with Gasteiger partial charge in [0.05, 0.1) is 12.0 Å². The number of hydrogen-bond donors (Lipinski definition) is 1. The Kier molecular flexibility index (Phi) is 3.63. The highest BCUT2D eigenvalue weighted by Crippen LogP contribution is 2.28. The summed E-state index contributed by atoms with van der Waals surface area (Å²) in [7, 11) is 0. The Morgan fingerprint density at radius 1 is 1.35 bits per heavy atom. The lowest BCUT2D eigenvalue weighted by atomic mass is 9.85. The molecule has 0 amide bonds. The summed E-state index contributed by atoms with van der Waals surface area (Å²) in [4.78, 5) is 0. The van der Waals surface area contributed by atoms with Crippen LogP contribution >= 0.6 is 0 Å². The largest absolute Gasteiger partial charge is 0.381 e. The minimum Gasteiger partial charge on any atom is -0.381 e. The Labute approximate surface area is 101 Å². The van der Waals surface area contributed by atoms with E-state index in [9.17, 15) is 4.39 Å². The fourth-order valence-electron chi connectivity index (χ4n) is 2.41. The molecule has 2 atom stereocenters. The summed E-state index contributed by atoms with van der Waals surface area (Å²) >= 11 is 0. The van der Waals surface area contributed by atoms with E-state index in [1.807, 2.05) is 6.92 Å².